The van der Waals surface area contributed by atoms with Gasteiger partial charge in [-0.25, -0.2) is 0 Å². The van der Waals surface area contributed by atoms with Crippen molar-refractivity contribution >= 4 is 5.91 Å². The van der Waals surface area contributed by atoms with Crippen LogP contribution >= 0.6 is 0 Å². The zero-order chi connectivity index (χ0) is 16.4. The average molecular weight is 333 g/mol. The summed E-state index contributed by atoms with van der Waals surface area (Å²) in [6, 6.07) is 0. The molecule has 1 saturated carbocycles. The number of aromatic nitrogens is 2. The summed E-state index contributed by atoms with van der Waals surface area (Å²) in [5.41, 5.74) is 0. The van der Waals surface area contributed by atoms with Gasteiger partial charge in [0.25, 0.3) is 0 Å². The van der Waals surface area contributed by atoms with Gasteiger partial charge >= 0.3 is 6.18 Å². The van der Waals surface area contributed by atoms with Crippen LogP contribution in [0.3, 0.4) is 0 Å². The molecule has 1 saturated heterocycles. The summed E-state index contributed by atoms with van der Waals surface area (Å²) < 4.78 is 48.9. The number of nitrogens with zero attached hydrogens (tertiary/aromatic N) is 3. The molecule has 0 N–H and O–H groups in total. The zero-order valence-electron chi connectivity index (χ0n) is 12.5. The van der Waals surface area contributed by atoms with Crippen molar-refractivity contribution < 1.29 is 27.2 Å². The van der Waals surface area contributed by atoms with Crippen LogP contribution < -0.4 is 0 Å². The normalized spacial score (nSPS) is 29.5. The smallest absolute Gasteiger partial charge is 0.366 e. The van der Waals surface area contributed by atoms with Crippen LogP contribution in [0.5, 0.6) is 0 Å². The van der Waals surface area contributed by atoms with Crippen LogP contribution in [-0.4, -0.2) is 46.8 Å². The van der Waals surface area contributed by atoms with Gasteiger partial charge in [0.2, 0.25) is 18.1 Å². The Morgan fingerprint density at radius 1 is 1.35 bits per heavy atom. The minimum absolute atomic E-state index is 0.113. The molecule has 23 heavy (non-hydrogen) atoms. The van der Waals surface area contributed by atoms with Crippen LogP contribution in [0, 0.1) is 11.8 Å². The van der Waals surface area contributed by atoms with Crippen LogP contribution in [-0.2, 0) is 9.53 Å². The van der Waals surface area contributed by atoms with E-state index >= 15 is 0 Å². The number of hydrogen-bond acceptors (Lipinski definition) is 5. The highest BCUT2D eigenvalue weighted by Gasteiger charge is 2.44. The molecule has 1 aliphatic heterocycles. The first-order valence-electron chi connectivity index (χ1n) is 7.68. The number of carbonyl (C=O) groups excluding carboxylic acids is 1. The van der Waals surface area contributed by atoms with Crippen molar-refractivity contribution in [3.05, 3.63) is 12.2 Å². The quantitative estimate of drug-likeness (QED) is 0.831. The van der Waals surface area contributed by atoms with E-state index in [0.29, 0.717) is 31.8 Å². The molecule has 6 nitrogen and oxygen atoms in total. The lowest BCUT2D eigenvalue weighted by atomic mass is 9.80. The van der Waals surface area contributed by atoms with E-state index in [4.69, 9.17) is 4.74 Å². The largest absolute Gasteiger partial charge is 0.391 e. The van der Waals surface area contributed by atoms with E-state index in [1.54, 1.807) is 4.90 Å². The summed E-state index contributed by atoms with van der Waals surface area (Å²) in [5, 5.41) is 3.69. The Morgan fingerprint density at radius 2 is 2.17 bits per heavy atom. The van der Waals surface area contributed by atoms with E-state index in [9.17, 15) is 18.0 Å². The zero-order valence-corrected chi connectivity index (χ0v) is 12.5. The predicted octanol–water partition coefficient (Wildman–Crippen LogP) is 2.34. The van der Waals surface area contributed by atoms with E-state index in [1.807, 2.05) is 0 Å². The Kier molecular flexibility index (Phi) is 4.56. The Labute approximate surface area is 131 Å². The van der Waals surface area contributed by atoms with E-state index in [0.717, 1.165) is 0 Å². The molecule has 0 aromatic carbocycles. The fraction of sp³-hybridized carbons (Fsp3) is 0.786. The van der Waals surface area contributed by atoms with Crippen LogP contribution in [0.4, 0.5) is 13.2 Å². The van der Waals surface area contributed by atoms with E-state index in [-0.39, 0.29) is 25.3 Å². The molecular formula is C14H18F3N3O3. The van der Waals surface area contributed by atoms with E-state index < -0.39 is 24.1 Å². The summed E-state index contributed by atoms with van der Waals surface area (Å²) in [6.45, 7) is 0.923. The third-order valence-corrected chi connectivity index (χ3v) is 4.53. The number of morpholine rings is 1. The second kappa shape index (κ2) is 6.46. The van der Waals surface area contributed by atoms with E-state index in [1.165, 1.54) is 6.39 Å². The maximum atomic E-state index is 12.9. The average Bonchev–Trinajstić information content (AvgIpc) is 3.08. The van der Waals surface area contributed by atoms with Crippen LogP contribution in [0.1, 0.15) is 37.6 Å². The Morgan fingerprint density at radius 3 is 2.87 bits per heavy atom. The molecule has 2 aliphatic rings. The molecule has 128 valence electrons. The van der Waals surface area contributed by atoms with Crippen molar-refractivity contribution in [1.82, 2.24) is 15.0 Å². The number of rotatable bonds is 2. The van der Waals surface area contributed by atoms with Crippen molar-refractivity contribution in [3.8, 4) is 0 Å². The molecule has 3 unspecified atom stereocenters. The molecule has 1 aliphatic carbocycles. The molecular weight excluding hydrogens is 315 g/mol. The summed E-state index contributed by atoms with van der Waals surface area (Å²) in [7, 11) is 0. The molecule has 0 radical (unpaired) electrons. The van der Waals surface area contributed by atoms with Crippen molar-refractivity contribution in [2.45, 2.75) is 38.0 Å². The summed E-state index contributed by atoms with van der Waals surface area (Å²) in [5.74, 6) is -1.83. The van der Waals surface area contributed by atoms with E-state index in [2.05, 4.69) is 14.7 Å². The fourth-order valence-electron chi connectivity index (χ4n) is 3.30. The van der Waals surface area contributed by atoms with Crippen molar-refractivity contribution in [2.75, 3.05) is 19.7 Å². The molecule has 1 aromatic rings. The molecule has 0 spiro atoms. The molecule has 3 rings (SSSR count). The number of hydrogen-bond donors (Lipinski definition) is 0. The highest BCUT2D eigenvalue weighted by Crippen LogP contribution is 2.40. The van der Waals surface area contributed by atoms with Crippen LogP contribution in [0.25, 0.3) is 0 Å². The SMILES string of the molecule is O=C(C1CCCC(C(F)(F)F)C1)N1CCOC(c2ncon2)C1. The standard InChI is InChI=1S/C14H18F3N3O3/c15-14(16,17)10-3-1-2-9(6-10)13(21)20-4-5-22-11(7-20)12-18-8-23-19-12/h8-11H,1-7H2. The lowest BCUT2D eigenvalue weighted by Gasteiger charge is -2.36. The maximum Gasteiger partial charge on any atom is 0.391 e. The van der Waals surface area contributed by atoms with Crippen molar-refractivity contribution in [2.24, 2.45) is 11.8 Å². The molecule has 1 aromatic heterocycles. The first kappa shape index (κ1) is 16.2. The summed E-state index contributed by atoms with van der Waals surface area (Å²) >= 11 is 0. The Hall–Kier alpha value is -1.64. The minimum Gasteiger partial charge on any atom is -0.366 e. The first-order chi connectivity index (χ1) is 10.9. The second-order valence-electron chi connectivity index (χ2n) is 6.04. The number of alkyl halides is 3. The second-order valence-corrected chi connectivity index (χ2v) is 6.04. The van der Waals surface area contributed by atoms with Gasteiger partial charge in [0.1, 0.15) is 6.10 Å². The molecule has 1 amide bonds. The minimum atomic E-state index is -4.23. The number of amides is 1. The van der Waals surface area contributed by atoms with Gasteiger partial charge in [-0.3, -0.25) is 4.79 Å². The molecule has 3 atom stereocenters. The predicted molar refractivity (Wildman–Crippen MR) is 71.1 cm³/mol. The lowest BCUT2D eigenvalue weighted by Crippen LogP contribution is -2.46. The Bertz CT molecular complexity index is 535. The number of carbonyl (C=O) groups is 1. The van der Waals surface area contributed by atoms with Gasteiger partial charge in [-0.05, 0) is 19.3 Å². The van der Waals surface area contributed by atoms with Gasteiger partial charge in [-0.1, -0.05) is 11.6 Å². The first-order valence-corrected chi connectivity index (χ1v) is 7.68. The van der Waals surface area contributed by atoms with Gasteiger partial charge in [-0.2, -0.15) is 18.2 Å². The van der Waals surface area contributed by atoms with Gasteiger partial charge < -0.3 is 14.2 Å². The van der Waals surface area contributed by atoms with Gasteiger partial charge in [0.15, 0.2) is 0 Å². The maximum absolute atomic E-state index is 12.9. The lowest BCUT2D eigenvalue weighted by molar-refractivity contribution is -0.188. The summed E-state index contributed by atoms with van der Waals surface area (Å²) in [6.07, 6.45) is -2.61. The molecule has 2 fully saturated rings. The summed E-state index contributed by atoms with van der Waals surface area (Å²) in [4.78, 5) is 18.0. The highest BCUT2D eigenvalue weighted by atomic mass is 19.4. The fourth-order valence-corrected chi connectivity index (χ4v) is 3.30. The van der Waals surface area contributed by atoms with Gasteiger partial charge in [-0.15, -0.1) is 0 Å². The molecule has 0 bridgehead atoms. The van der Waals surface area contributed by atoms with Gasteiger partial charge in [0, 0.05) is 12.5 Å². The Balaban J connectivity index is 1.63. The van der Waals surface area contributed by atoms with Crippen molar-refractivity contribution in [3.63, 3.8) is 0 Å². The van der Waals surface area contributed by atoms with Crippen molar-refractivity contribution in [1.29, 1.82) is 0 Å². The van der Waals surface area contributed by atoms with Crippen LogP contribution in [0.2, 0.25) is 0 Å². The third kappa shape index (κ3) is 3.65. The molecule has 2 heterocycles. The third-order valence-electron chi connectivity index (χ3n) is 4.53. The number of ether oxygens (including phenoxy) is 1. The highest BCUT2D eigenvalue weighted by molar-refractivity contribution is 5.79. The monoisotopic (exact) mass is 333 g/mol. The number of halogens is 3. The van der Waals surface area contributed by atoms with Crippen LogP contribution in [0.15, 0.2) is 10.9 Å². The molecule has 9 heteroatoms. The topological polar surface area (TPSA) is 68.5 Å². The van der Waals surface area contributed by atoms with Gasteiger partial charge in [0.05, 0.1) is 19.1 Å².